The number of nitrogens with one attached hydrogen (secondary N) is 2. The normalized spacial score (nSPS) is 15.0. The van der Waals surface area contributed by atoms with Crippen LogP contribution in [0.5, 0.6) is 0 Å². The molecule has 1 aliphatic rings. The predicted molar refractivity (Wildman–Crippen MR) is 112 cm³/mol. The summed E-state index contributed by atoms with van der Waals surface area (Å²) in [5, 5.41) is 14.2. The number of ether oxygens (including phenoxy) is 1. The van der Waals surface area contributed by atoms with Crippen LogP contribution in [0.15, 0.2) is 42.5 Å². The van der Waals surface area contributed by atoms with Crippen LogP contribution in [0.2, 0.25) is 5.02 Å². The van der Waals surface area contributed by atoms with Gasteiger partial charge < -0.3 is 20.1 Å². The summed E-state index contributed by atoms with van der Waals surface area (Å²) in [6, 6.07) is 13.6. The van der Waals surface area contributed by atoms with E-state index in [-0.39, 0.29) is 6.42 Å². The Hall–Kier alpha value is -2.50. The number of aliphatic carboxylic acids is 1. The van der Waals surface area contributed by atoms with E-state index in [0.717, 1.165) is 66.0 Å². The second-order valence-corrected chi connectivity index (χ2v) is 7.74. The summed E-state index contributed by atoms with van der Waals surface area (Å²) in [6.45, 7) is 2.57. The van der Waals surface area contributed by atoms with E-state index in [9.17, 15) is 4.79 Å². The van der Waals surface area contributed by atoms with Crippen LogP contribution in [0.3, 0.4) is 0 Å². The van der Waals surface area contributed by atoms with Crippen molar-refractivity contribution in [3.8, 4) is 11.3 Å². The Morgan fingerprint density at radius 3 is 2.64 bits per heavy atom. The van der Waals surface area contributed by atoms with E-state index in [2.05, 4.69) is 16.4 Å². The van der Waals surface area contributed by atoms with Crippen LogP contribution in [0.1, 0.15) is 18.4 Å². The second-order valence-electron chi connectivity index (χ2n) is 7.30. The molecule has 0 spiro atoms. The van der Waals surface area contributed by atoms with Gasteiger partial charge in [0.15, 0.2) is 0 Å². The van der Waals surface area contributed by atoms with Crippen LogP contribution in [0.4, 0.5) is 5.69 Å². The van der Waals surface area contributed by atoms with Crippen molar-refractivity contribution in [3.63, 3.8) is 0 Å². The third-order valence-electron chi connectivity index (χ3n) is 5.24. The van der Waals surface area contributed by atoms with E-state index >= 15 is 0 Å². The van der Waals surface area contributed by atoms with Crippen molar-refractivity contribution < 1.29 is 14.6 Å². The number of benzene rings is 2. The van der Waals surface area contributed by atoms with Gasteiger partial charge in [-0.3, -0.25) is 4.79 Å². The molecular formula is C22H23ClN2O3. The van der Waals surface area contributed by atoms with Gasteiger partial charge in [-0.1, -0.05) is 35.9 Å². The minimum Gasteiger partial charge on any atom is -0.481 e. The minimum absolute atomic E-state index is 0.0306. The lowest BCUT2D eigenvalue weighted by Crippen LogP contribution is -2.22. The van der Waals surface area contributed by atoms with Crippen molar-refractivity contribution >= 4 is 34.2 Å². The maximum absolute atomic E-state index is 10.9. The van der Waals surface area contributed by atoms with Crippen LogP contribution >= 0.6 is 11.6 Å². The second kappa shape index (κ2) is 8.25. The number of carbonyl (C=O) groups is 1. The maximum Gasteiger partial charge on any atom is 0.307 e. The van der Waals surface area contributed by atoms with Crippen molar-refractivity contribution in [2.45, 2.75) is 19.3 Å². The summed E-state index contributed by atoms with van der Waals surface area (Å²) in [5.74, 6) is -0.216. The quantitative estimate of drug-likeness (QED) is 0.549. The molecule has 0 bridgehead atoms. The molecular weight excluding hydrogens is 376 g/mol. The summed E-state index contributed by atoms with van der Waals surface area (Å²) >= 11 is 6.34. The van der Waals surface area contributed by atoms with E-state index in [1.165, 1.54) is 0 Å². The minimum atomic E-state index is -0.826. The molecule has 28 heavy (non-hydrogen) atoms. The van der Waals surface area contributed by atoms with Crippen LogP contribution in [-0.4, -0.2) is 35.8 Å². The van der Waals surface area contributed by atoms with Gasteiger partial charge in [0.1, 0.15) is 0 Å². The number of fused-ring (bicyclic) bond motifs is 1. The average Bonchev–Trinajstić information content (AvgIpc) is 3.11. The lowest BCUT2D eigenvalue weighted by atomic mass is 10.0. The molecule has 5 nitrogen and oxygen atoms in total. The van der Waals surface area contributed by atoms with Gasteiger partial charge >= 0.3 is 5.97 Å². The number of carboxylic acids is 1. The Labute approximate surface area is 168 Å². The zero-order chi connectivity index (χ0) is 19.5. The van der Waals surface area contributed by atoms with Crippen molar-refractivity contribution in [3.05, 3.63) is 53.1 Å². The Balaban J connectivity index is 1.58. The van der Waals surface area contributed by atoms with E-state index in [4.69, 9.17) is 21.4 Å². The van der Waals surface area contributed by atoms with Crippen molar-refractivity contribution in [1.82, 2.24) is 4.98 Å². The summed E-state index contributed by atoms with van der Waals surface area (Å²) < 4.78 is 5.44. The molecule has 0 unspecified atom stereocenters. The van der Waals surface area contributed by atoms with Gasteiger partial charge in [-0.25, -0.2) is 0 Å². The number of anilines is 1. The lowest BCUT2D eigenvalue weighted by Gasteiger charge is -2.22. The molecule has 3 aromatic rings. The highest BCUT2D eigenvalue weighted by Gasteiger charge is 2.15. The molecule has 6 heteroatoms. The molecule has 0 amide bonds. The fraction of sp³-hybridized carbons (Fsp3) is 0.318. The third-order valence-corrected chi connectivity index (χ3v) is 5.45. The molecule has 4 rings (SSSR count). The first-order valence-electron chi connectivity index (χ1n) is 9.53. The molecule has 2 aromatic carbocycles. The number of carboxylic acid groups (broad SMARTS) is 1. The maximum atomic E-state index is 10.9. The molecule has 1 aromatic heterocycles. The van der Waals surface area contributed by atoms with Crippen molar-refractivity contribution in [2.24, 2.45) is 5.92 Å². The summed E-state index contributed by atoms with van der Waals surface area (Å²) in [7, 11) is 0. The number of aromatic nitrogens is 1. The highest BCUT2D eigenvalue weighted by atomic mass is 35.5. The molecule has 2 heterocycles. The van der Waals surface area contributed by atoms with Gasteiger partial charge in [0.25, 0.3) is 0 Å². The Morgan fingerprint density at radius 2 is 1.93 bits per heavy atom. The van der Waals surface area contributed by atoms with E-state index < -0.39 is 5.97 Å². The lowest BCUT2D eigenvalue weighted by molar-refractivity contribution is -0.136. The molecule has 1 saturated heterocycles. The number of H-pyrrole nitrogens is 1. The van der Waals surface area contributed by atoms with Gasteiger partial charge in [0, 0.05) is 35.9 Å². The van der Waals surface area contributed by atoms with Crippen molar-refractivity contribution in [1.29, 1.82) is 0 Å². The van der Waals surface area contributed by atoms with Crippen LogP contribution in [-0.2, 0) is 16.0 Å². The Morgan fingerprint density at radius 1 is 1.18 bits per heavy atom. The molecule has 0 aliphatic carbocycles. The predicted octanol–water partition coefficient (Wildman–Crippen LogP) is 4.95. The highest BCUT2D eigenvalue weighted by Crippen LogP contribution is 2.32. The number of hydrogen-bond acceptors (Lipinski definition) is 3. The van der Waals surface area contributed by atoms with Gasteiger partial charge in [-0.2, -0.15) is 0 Å². The van der Waals surface area contributed by atoms with E-state index in [0.29, 0.717) is 10.9 Å². The van der Waals surface area contributed by atoms with Gasteiger partial charge in [-0.15, -0.1) is 0 Å². The molecule has 1 fully saturated rings. The molecule has 3 N–H and O–H groups in total. The van der Waals surface area contributed by atoms with Crippen LogP contribution < -0.4 is 5.32 Å². The van der Waals surface area contributed by atoms with Gasteiger partial charge in [-0.05, 0) is 48.1 Å². The molecule has 0 radical (unpaired) electrons. The zero-order valence-electron chi connectivity index (χ0n) is 15.5. The highest BCUT2D eigenvalue weighted by molar-refractivity contribution is 6.32. The Bertz CT molecular complexity index is 975. The smallest absolute Gasteiger partial charge is 0.307 e. The van der Waals surface area contributed by atoms with Gasteiger partial charge in [0.05, 0.1) is 17.6 Å². The number of rotatable bonds is 6. The fourth-order valence-corrected chi connectivity index (χ4v) is 3.91. The largest absolute Gasteiger partial charge is 0.481 e. The first-order valence-corrected chi connectivity index (χ1v) is 9.91. The number of aromatic amines is 1. The first kappa shape index (κ1) is 18.8. The summed E-state index contributed by atoms with van der Waals surface area (Å²) in [4.78, 5) is 14.3. The van der Waals surface area contributed by atoms with Crippen molar-refractivity contribution in [2.75, 3.05) is 25.1 Å². The Kier molecular flexibility index (Phi) is 5.55. The molecule has 0 saturated carbocycles. The number of hydrogen-bond donors (Lipinski definition) is 3. The molecule has 1 aliphatic heterocycles. The fourth-order valence-electron chi connectivity index (χ4n) is 3.68. The van der Waals surface area contributed by atoms with Crippen LogP contribution in [0, 0.1) is 5.92 Å². The first-order chi connectivity index (χ1) is 13.6. The number of halogens is 1. The third kappa shape index (κ3) is 4.32. The van der Waals surface area contributed by atoms with E-state index in [1.54, 1.807) is 0 Å². The summed E-state index contributed by atoms with van der Waals surface area (Å²) in [6.07, 6.45) is 2.19. The topological polar surface area (TPSA) is 74.3 Å². The monoisotopic (exact) mass is 398 g/mol. The summed E-state index contributed by atoms with van der Waals surface area (Å²) in [5.41, 5.74) is 4.81. The molecule has 146 valence electrons. The average molecular weight is 399 g/mol. The zero-order valence-corrected chi connectivity index (χ0v) is 16.3. The van der Waals surface area contributed by atoms with Crippen LogP contribution in [0.25, 0.3) is 22.2 Å². The standard InChI is InChI=1S/C22H23ClN2O3/c23-18-10-17-11-19(16-3-1-14(2-4-16)9-21(26)27)25-22(17)20(12-18)24-13-15-5-7-28-8-6-15/h1-4,10-12,15,24-25H,5-9,13H2,(H,26,27). The SMILES string of the molecule is O=C(O)Cc1ccc(-c2cc3cc(Cl)cc(NCC4CCOCC4)c3[nH]2)cc1. The van der Waals surface area contributed by atoms with E-state index in [1.807, 2.05) is 36.4 Å². The molecule has 0 atom stereocenters. The van der Waals surface area contributed by atoms with Gasteiger partial charge in [0.2, 0.25) is 0 Å².